The van der Waals surface area contributed by atoms with Gasteiger partial charge in [-0.25, -0.2) is 13.2 Å². The van der Waals surface area contributed by atoms with Crippen LogP contribution in [0.25, 0.3) is 0 Å². The Morgan fingerprint density at radius 3 is 2.39 bits per heavy atom. The minimum absolute atomic E-state index is 0.0267. The number of hydrogen-bond donors (Lipinski definition) is 2. The molecule has 1 aliphatic carbocycles. The van der Waals surface area contributed by atoms with Crippen LogP contribution in [0.5, 0.6) is 5.75 Å². The van der Waals surface area contributed by atoms with Gasteiger partial charge in [-0.2, -0.15) is 0 Å². The van der Waals surface area contributed by atoms with Gasteiger partial charge >= 0.3 is 0 Å². The van der Waals surface area contributed by atoms with Gasteiger partial charge in [0.2, 0.25) is 5.91 Å². The van der Waals surface area contributed by atoms with Crippen molar-refractivity contribution in [3.05, 3.63) is 86.6 Å². The molecule has 0 saturated heterocycles. The molecule has 0 bridgehead atoms. The van der Waals surface area contributed by atoms with Crippen LogP contribution >= 0.6 is 50.7 Å². The van der Waals surface area contributed by atoms with E-state index in [4.69, 9.17) is 39.5 Å². The lowest BCUT2D eigenvalue weighted by Gasteiger charge is -2.11. The van der Waals surface area contributed by atoms with Gasteiger partial charge in [-0.1, -0.05) is 11.6 Å². The number of amides is 2. The molecule has 1 saturated carbocycles. The summed E-state index contributed by atoms with van der Waals surface area (Å²) >= 11 is 21.9. The topological polar surface area (TPSA) is 67.4 Å². The molecule has 1 aliphatic rings. The number of ether oxygens (including phenoxy) is 1. The molecule has 3 aromatic rings. The van der Waals surface area contributed by atoms with E-state index in [2.05, 4.69) is 26.6 Å². The third kappa shape index (κ3) is 5.16. The largest absolute Gasteiger partial charge is 0.495 e. The normalized spacial score (nSPS) is 17.9. The van der Waals surface area contributed by atoms with Crippen LogP contribution in [0.4, 0.5) is 24.5 Å². The van der Waals surface area contributed by atoms with Gasteiger partial charge in [0.1, 0.15) is 27.5 Å². The summed E-state index contributed by atoms with van der Waals surface area (Å²) in [5.74, 6) is -5.19. The summed E-state index contributed by atoms with van der Waals surface area (Å²) in [5.41, 5.74) is 0.228. The number of nitrogens with one attached hydrogen (secondary N) is 2. The van der Waals surface area contributed by atoms with Gasteiger partial charge in [0.05, 0.1) is 33.8 Å². The summed E-state index contributed by atoms with van der Waals surface area (Å²) < 4.78 is 45.1. The summed E-state index contributed by atoms with van der Waals surface area (Å²) in [6, 6.07) is 9.50. The Morgan fingerprint density at radius 2 is 1.72 bits per heavy atom. The van der Waals surface area contributed by atoms with E-state index in [1.165, 1.54) is 37.4 Å². The van der Waals surface area contributed by atoms with Gasteiger partial charge in [0.15, 0.2) is 0 Å². The van der Waals surface area contributed by atoms with Gasteiger partial charge in [0, 0.05) is 17.7 Å². The Kier molecular flexibility index (Phi) is 7.48. The quantitative estimate of drug-likeness (QED) is 0.284. The molecular weight excluding hydrogens is 608 g/mol. The van der Waals surface area contributed by atoms with E-state index in [0.29, 0.717) is 11.6 Å². The lowest BCUT2D eigenvalue weighted by atomic mass is 10.1. The molecular formula is C24H15BrCl3F3N2O3. The second kappa shape index (κ2) is 10.1. The fourth-order valence-electron chi connectivity index (χ4n) is 3.76. The number of halogens is 7. The van der Waals surface area contributed by atoms with Crippen LogP contribution in [0, 0.1) is 23.4 Å². The van der Waals surface area contributed by atoms with Gasteiger partial charge in [-0.3, -0.25) is 9.59 Å². The minimum Gasteiger partial charge on any atom is -0.495 e. The lowest BCUT2D eigenvalue weighted by Crippen LogP contribution is -2.18. The van der Waals surface area contributed by atoms with E-state index in [1.807, 2.05) is 0 Å². The number of hydrogen-bond acceptors (Lipinski definition) is 3. The summed E-state index contributed by atoms with van der Waals surface area (Å²) in [5, 5.41) is 4.94. The van der Waals surface area contributed by atoms with E-state index in [-0.39, 0.29) is 32.2 Å². The second-order valence-electron chi connectivity index (χ2n) is 7.91. The first-order chi connectivity index (χ1) is 16.9. The predicted octanol–water partition coefficient (Wildman–Crippen LogP) is 7.31. The minimum atomic E-state index is -1.51. The highest BCUT2D eigenvalue weighted by molar-refractivity contribution is 9.10. The number of rotatable bonds is 6. The number of methoxy groups -OCH3 is 1. The number of alkyl halides is 2. The lowest BCUT2D eigenvalue weighted by molar-refractivity contribution is -0.117. The number of benzene rings is 3. The smallest absolute Gasteiger partial charge is 0.257 e. The number of carbonyl (C=O) groups is 2. The summed E-state index contributed by atoms with van der Waals surface area (Å²) in [6.45, 7) is 0. The fourth-order valence-corrected chi connectivity index (χ4v) is 5.18. The monoisotopic (exact) mass is 620 g/mol. The molecule has 0 aromatic heterocycles. The highest BCUT2D eigenvalue weighted by Crippen LogP contribution is 2.65. The Hall–Kier alpha value is -2.46. The summed E-state index contributed by atoms with van der Waals surface area (Å²) in [6.07, 6.45) is 0. The van der Waals surface area contributed by atoms with E-state index in [0.717, 1.165) is 12.1 Å². The Bertz CT molecular complexity index is 1390. The maximum Gasteiger partial charge on any atom is 0.257 e. The molecule has 0 heterocycles. The molecule has 2 N–H and O–H groups in total. The molecule has 0 spiro atoms. The van der Waals surface area contributed by atoms with Gasteiger partial charge < -0.3 is 15.4 Å². The van der Waals surface area contributed by atoms with E-state index >= 15 is 0 Å². The highest BCUT2D eigenvalue weighted by Gasteiger charge is 2.67. The average Bonchev–Trinajstić information content (AvgIpc) is 3.40. The molecule has 0 unspecified atom stereocenters. The second-order valence-corrected chi connectivity index (χ2v) is 10.6. The Labute approximate surface area is 227 Å². The standard InChI is InChI=1S/C24H15BrCl3F3N2O3/c1-36-18-7-10(6-16(31)21(18)25)19-20(24(19,27)28)23(35)32-12-3-4-14(26)13(9-12)22(34)33-17-5-2-11(29)8-15(17)30/h2-9,19-20H,1H3,(H,32,35)(H,33,34)/t19-,20+/m0/s1. The fraction of sp³-hybridized carbons (Fsp3) is 0.167. The number of anilines is 2. The molecule has 4 rings (SSSR count). The zero-order valence-electron chi connectivity index (χ0n) is 18.1. The van der Waals surface area contributed by atoms with Crippen molar-refractivity contribution in [3.63, 3.8) is 0 Å². The molecule has 5 nitrogen and oxygen atoms in total. The van der Waals surface area contributed by atoms with Crippen LogP contribution in [0.3, 0.4) is 0 Å². The predicted molar refractivity (Wildman–Crippen MR) is 136 cm³/mol. The van der Waals surface area contributed by atoms with Crippen LogP contribution in [-0.2, 0) is 4.79 Å². The first-order valence-corrected chi connectivity index (χ1v) is 12.1. The highest BCUT2D eigenvalue weighted by atomic mass is 79.9. The van der Waals surface area contributed by atoms with Gasteiger partial charge in [-0.15, -0.1) is 23.2 Å². The molecule has 1 fully saturated rings. The van der Waals surface area contributed by atoms with Gasteiger partial charge in [-0.05, 0) is 64.0 Å². The molecule has 12 heteroatoms. The van der Waals surface area contributed by atoms with Crippen molar-refractivity contribution in [2.75, 3.05) is 17.7 Å². The zero-order chi connectivity index (χ0) is 26.4. The van der Waals surface area contributed by atoms with Crippen molar-refractivity contribution in [1.82, 2.24) is 0 Å². The van der Waals surface area contributed by atoms with Crippen molar-refractivity contribution in [2.24, 2.45) is 5.92 Å². The van der Waals surface area contributed by atoms with Crippen LogP contribution < -0.4 is 15.4 Å². The summed E-state index contributed by atoms with van der Waals surface area (Å²) in [4.78, 5) is 25.6. The molecule has 0 radical (unpaired) electrons. The molecule has 188 valence electrons. The molecule has 2 atom stereocenters. The summed E-state index contributed by atoms with van der Waals surface area (Å²) in [7, 11) is 1.37. The number of carbonyl (C=O) groups excluding carboxylic acids is 2. The van der Waals surface area contributed by atoms with Gasteiger partial charge in [0.25, 0.3) is 5.91 Å². The van der Waals surface area contributed by atoms with Crippen molar-refractivity contribution in [3.8, 4) is 5.75 Å². The third-order valence-corrected chi connectivity index (χ3v) is 7.63. The first-order valence-electron chi connectivity index (χ1n) is 10.2. The first kappa shape index (κ1) is 26.6. The Morgan fingerprint density at radius 1 is 1.00 bits per heavy atom. The van der Waals surface area contributed by atoms with Crippen LogP contribution in [0.2, 0.25) is 5.02 Å². The molecule has 0 aliphatic heterocycles. The maximum atomic E-state index is 14.3. The van der Waals surface area contributed by atoms with Crippen LogP contribution in [0.15, 0.2) is 53.0 Å². The van der Waals surface area contributed by atoms with E-state index < -0.39 is 45.4 Å². The van der Waals surface area contributed by atoms with Crippen molar-refractivity contribution in [1.29, 1.82) is 0 Å². The van der Waals surface area contributed by atoms with Crippen molar-refractivity contribution < 1.29 is 27.5 Å². The SMILES string of the molecule is COc1cc([C@H]2[C@H](C(=O)Nc3ccc(Cl)c(C(=O)Nc4ccc(F)cc4F)c3)C2(Cl)Cl)cc(F)c1Br. The molecule has 2 amide bonds. The maximum absolute atomic E-state index is 14.3. The van der Waals surface area contributed by atoms with Crippen molar-refractivity contribution in [2.45, 2.75) is 10.3 Å². The third-order valence-electron chi connectivity index (χ3n) is 5.59. The Balaban J connectivity index is 1.53. The zero-order valence-corrected chi connectivity index (χ0v) is 22.0. The van der Waals surface area contributed by atoms with Crippen molar-refractivity contribution >= 4 is 73.9 Å². The van der Waals surface area contributed by atoms with E-state index in [1.54, 1.807) is 0 Å². The average molecular weight is 623 g/mol. The van der Waals surface area contributed by atoms with E-state index in [9.17, 15) is 22.8 Å². The molecule has 36 heavy (non-hydrogen) atoms. The van der Waals surface area contributed by atoms with Crippen LogP contribution in [0.1, 0.15) is 21.8 Å². The van der Waals surface area contributed by atoms with Crippen LogP contribution in [-0.4, -0.2) is 23.3 Å². The molecule has 3 aromatic carbocycles.